The maximum Gasteiger partial charge on any atom is 0.390 e. The van der Waals surface area contributed by atoms with Crippen LogP contribution in [-0.4, -0.2) is 75.4 Å². The number of hydrogen-bond donors (Lipinski definition) is 3. The highest BCUT2D eigenvalue weighted by Crippen LogP contribution is 2.31. The molecule has 1 aliphatic heterocycles. The lowest BCUT2D eigenvalue weighted by molar-refractivity contribution is -0.143. The Morgan fingerprint density at radius 3 is 2.45 bits per heavy atom. The van der Waals surface area contributed by atoms with Crippen molar-refractivity contribution < 1.29 is 31.9 Å². The van der Waals surface area contributed by atoms with Crippen LogP contribution < -0.4 is 21.3 Å². The number of halogens is 5. The van der Waals surface area contributed by atoms with Gasteiger partial charge in [-0.05, 0) is 35.9 Å². The topological polar surface area (TPSA) is 99.9 Å². The molecule has 4 N–H and O–H groups in total. The third-order valence-electron chi connectivity index (χ3n) is 6.18. The number of amides is 1. The molecule has 2 aromatic rings. The van der Waals surface area contributed by atoms with Crippen LogP contribution in [-0.2, 0) is 16.1 Å². The van der Waals surface area contributed by atoms with Gasteiger partial charge in [0.25, 0.3) is 5.91 Å². The third kappa shape index (κ3) is 8.29. The minimum Gasteiger partial charge on any atom is -0.468 e. The van der Waals surface area contributed by atoms with E-state index in [0.29, 0.717) is 48.1 Å². The molecule has 8 nitrogen and oxygen atoms in total. The van der Waals surface area contributed by atoms with Crippen LogP contribution in [0.25, 0.3) is 0 Å². The van der Waals surface area contributed by atoms with Crippen molar-refractivity contribution in [3.63, 3.8) is 0 Å². The van der Waals surface area contributed by atoms with Crippen molar-refractivity contribution in [2.45, 2.75) is 25.2 Å². The van der Waals surface area contributed by atoms with Gasteiger partial charge in [0, 0.05) is 50.8 Å². The monoisotopic (exact) mass is 559 g/mol. The predicted octanol–water partition coefficient (Wildman–Crippen LogP) is 3.40. The molecule has 3 rings (SSSR count). The first-order valence-corrected chi connectivity index (χ1v) is 12.3. The molecule has 1 unspecified atom stereocenters. The number of nitrogens with zero attached hydrogens (tertiary/aromatic N) is 2. The number of rotatable bonds is 10. The quantitative estimate of drug-likeness (QED) is 0.303. The van der Waals surface area contributed by atoms with Crippen LogP contribution in [0.3, 0.4) is 0 Å². The van der Waals surface area contributed by atoms with Crippen molar-refractivity contribution in [2.24, 2.45) is 5.73 Å². The molecule has 0 radical (unpaired) electrons. The number of esters is 1. The Kier molecular flexibility index (Phi) is 10.3. The highest BCUT2D eigenvalue weighted by Gasteiger charge is 2.29. The van der Waals surface area contributed by atoms with Crippen LogP contribution in [0, 0.1) is 5.82 Å². The van der Waals surface area contributed by atoms with Gasteiger partial charge in [0.15, 0.2) is 0 Å². The fraction of sp³-hybridized carbons (Fsp3) is 0.440. The highest BCUT2D eigenvalue weighted by molar-refractivity contribution is 6.31. The standard InChI is InChI=1S/C25H30ClF4N5O3/c1-38-24(37)21(14-31)32-15-16-2-4-18(19(27)12-16)23(36)33-20-5-3-17(26)13-22(20)35-10-8-34(9-11-35)7-6-25(28,29)30/h2-5,12-13,21,32H,6-11,14-15,31H2,1H3,(H,33,36). The molecule has 0 bridgehead atoms. The van der Waals surface area contributed by atoms with Gasteiger partial charge < -0.3 is 20.7 Å². The summed E-state index contributed by atoms with van der Waals surface area (Å²) < 4.78 is 57.1. The number of anilines is 2. The second-order valence-corrected chi connectivity index (χ2v) is 9.25. The maximum absolute atomic E-state index is 14.8. The normalized spacial score (nSPS) is 15.3. The Labute approximate surface area is 223 Å². The number of benzene rings is 2. The molecule has 0 aromatic heterocycles. The van der Waals surface area contributed by atoms with Crippen molar-refractivity contribution in [3.05, 3.63) is 58.4 Å². The number of carbonyl (C=O) groups is 2. The summed E-state index contributed by atoms with van der Waals surface area (Å²) in [7, 11) is 1.24. The smallest absolute Gasteiger partial charge is 0.390 e. The summed E-state index contributed by atoms with van der Waals surface area (Å²) in [6.45, 7) is 1.77. The Bertz CT molecular complexity index is 1130. The Balaban J connectivity index is 1.66. The van der Waals surface area contributed by atoms with Crippen LogP contribution in [0.5, 0.6) is 0 Å². The van der Waals surface area contributed by atoms with Gasteiger partial charge in [0.2, 0.25) is 0 Å². The van der Waals surface area contributed by atoms with E-state index in [1.165, 1.54) is 19.2 Å². The van der Waals surface area contributed by atoms with Crippen molar-refractivity contribution in [1.29, 1.82) is 0 Å². The van der Waals surface area contributed by atoms with Gasteiger partial charge in [0.1, 0.15) is 11.9 Å². The Hall–Kier alpha value is -2.93. The van der Waals surface area contributed by atoms with Gasteiger partial charge in [-0.3, -0.25) is 19.8 Å². The molecule has 0 spiro atoms. The summed E-state index contributed by atoms with van der Waals surface area (Å²) in [5, 5.41) is 6.01. The van der Waals surface area contributed by atoms with E-state index in [-0.39, 0.29) is 25.2 Å². The van der Waals surface area contributed by atoms with E-state index < -0.39 is 36.3 Å². The van der Waals surface area contributed by atoms with Gasteiger partial charge >= 0.3 is 12.1 Å². The van der Waals surface area contributed by atoms with Crippen LogP contribution in [0.2, 0.25) is 5.02 Å². The van der Waals surface area contributed by atoms with Gasteiger partial charge in [-0.1, -0.05) is 17.7 Å². The first kappa shape index (κ1) is 29.6. The fourth-order valence-corrected chi connectivity index (χ4v) is 4.22. The van der Waals surface area contributed by atoms with E-state index in [2.05, 4.69) is 15.4 Å². The fourth-order valence-electron chi connectivity index (χ4n) is 4.06. The van der Waals surface area contributed by atoms with E-state index in [1.54, 1.807) is 29.2 Å². The van der Waals surface area contributed by atoms with Crippen molar-refractivity contribution in [3.8, 4) is 0 Å². The third-order valence-corrected chi connectivity index (χ3v) is 6.42. The zero-order chi connectivity index (χ0) is 27.9. The lowest BCUT2D eigenvalue weighted by Crippen LogP contribution is -2.47. The maximum atomic E-state index is 14.8. The second kappa shape index (κ2) is 13.2. The van der Waals surface area contributed by atoms with E-state index in [4.69, 9.17) is 17.3 Å². The molecule has 1 heterocycles. The zero-order valence-electron chi connectivity index (χ0n) is 20.8. The molecule has 208 valence electrons. The lowest BCUT2D eigenvalue weighted by atomic mass is 10.1. The molecule has 1 fully saturated rings. The summed E-state index contributed by atoms with van der Waals surface area (Å²) in [4.78, 5) is 28.2. The van der Waals surface area contributed by atoms with E-state index in [0.717, 1.165) is 0 Å². The zero-order valence-corrected chi connectivity index (χ0v) is 21.5. The molecule has 0 aliphatic carbocycles. The average molecular weight is 560 g/mol. The van der Waals surface area contributed by atoms with Gasteiger partial charge in [-0.25, -0.2) is 4.39 Å². The van der Waals surface area contributed by atoms with E-state index in [9.17, 15) is 27.2 Å². The van der Waals surface area contributed by atoms with Crippen molar-refractivity contribution >= 4 is 34.9 Å². The van der Waals surface area contributed by atoms with Crippen LogP contribution >= 0.6 is 11.6 Å². The number of piperazine rings is 1. The number of nitrogens with one attached hydrogen (secondary N) is 2. The molecule has 2 aromatic carbocycles. The molecule has 1 saturated heterocycles. The number of ether oxygens (including phenoxy) is 1. The first-order chi connectivity index (χ1) is 18.0. The van der Waals surface area contributed by atoms with Crippen molar-refractivity contribution in [1.82, 2.24) is 10.2 Å². The minimum atomic E-state index is -4.21. The molecule has 1 amide bonds. The van der Waals surface area contributed by atoms with E-state index >= 15 is 0 Å². The largest absolute Gasteiger partial charge is 0.468 e. The Morgan fingerprint density at radius 2 is 1.84 bits per heavy atom. The molecule has 1 atom stereocenters. The van der Waals surface area contributed by atoms with Crippen LogP contribution in [0.15, 0.2) is 36.4 Å². The second-order valence-electron chi connectivity index (χ2n) is 8.82. The SMILES string of the molecule is COC(=O)C(CN)NCc1ccc(C(=O)Nc2ccc(Cl)cc2N2CCN(CCC(F)(F)F)CC2)c(F)c1. The summed E-state index contributed by atoms with van der Waals surface area (Å²) in [5.74, 6) is -1.97. The lowest BCUT2D eigenvalue weighted by Gasteiger charge is -2.37. The van der Waals surface area contributed by atoms with Gasteiger partial charge in [-0.2, -0.15) is 13.2 Å². The molecular formula is C25H30ClF4N5O3. The molecule has 1 aliphatic rings. The number of methoxy groups -OCH3 is 1. The summed E-state index contributed by atoms with van der Waals surface area (Å²) in [6, 6.07) is 8.17. The van der Waals surface area contributed by atoms with E-state index in [1.807, 2.05) is 4.90 Å². The van der Waals surface area contributed by atoms with Gasteiger partial charge in [0.05, 0.1) is 30.5 Å². The number of alkyl halides is 3. The van der Waals surface area contributed by atoms with Crippen LogP contribution in [0.1, 0.15) is 22.3 Å². The average Bonchev–Trinajstić information content (AvgIpc) is 2.88. The number of hydrogen-bond acceptors (Lipinski definition) is 7. The number of nitrogens with two attached hydrogens (primary N) is 1. The summed E-state index contributed by atoms with van der Waals surface area (Å²) in [6.07, 6.45) is -5.08. The molecule has 13 heteroatoms. The Morgan fingerprint density at radius 1 is 1.13 bits per heavy atom. The van der Waals surface area contributed by atoms with Crippen molar-refractivity contribution in [2.75, 3.05) is 56.6 Å². The molecule has 38 heavy (non-hydrogen) atoms. The molecular weight excluding hydrogens is 530 g/mol. The van der Waals surface area contributed by atoms with Crippen LogP contribution in [0.4, 0.5) is 28.9 Å². The molecule has 0 saturated carbocycles. The summed E-state index contributed by atoms with van der Waals surface area (Å²) >= 11 is 6.17. The minimum absolute atomic E-state index is 0.00166. The van der Waals surface area contributed by atoms with Gasteiger partial charge in [-0.15, -0.1) is 0 Å². The number of carbonyl (C=O) groups excluding carboxylic acids is 2. The highest BCUT2D eigenvalue weighted by atomic mass is 35.5. The predicted molar refractivity (Wildman–Crippen MR) is 137 cm³/mol. The first-order valence-electron chi connectivity index (χ1n) is 12.0. The summed E-state index contributed by atoms with van der Waals surface area (Å²) in [5.41, 5.74) is 6.85.